The lowest BCUT2D eigenvalue weighted by atomic mass is 9.61. The summed E-state index contributed by atoms with van der Waals surface area (Å²) in [4.78, 5) is 30.2. The van der Waals surface area contributed by atoms with E-state index in [9.17, 15) is 24.2 Å². The lowest BCUT2D eigenvalue weighted by molar-refractivity contribution is -0.0638. The molecule has 0 aromatic carbocycles. The number of anilines is 1. The molecule has 1 aliphatic heterocycles. The van der Waals surface area contributed by atoms with E-state index in [-0.39, 0.29) is 40.2 Å². The molecule has 2 aromatic rings. The van der Waals surface area contributed by atoms with E-state index >= 15 is 0 Å². The molecule has 2 N–H and O–H groups in total. The van der Waals surface area contributed by atoms with Crippen LogP contribution in [-0.4, -0.2) is 44.9 Å². The highest BCUT2D eigenvalue weighted by atomic mass is 19.1. The number of hydrogen-bond donors (Lipinski definition) is 2. The zero-order valence-electron chi connectivity index (χ0n) is 14.9. The highest BCUT2D eigenvalue weighted by Gasteiger charge is 2.56. The number of halogens is 1. The fourth-order valence-corrected chi connectivity index (χ4v) is 4.74. The first-order valence-corrected chi connectivity index (χ1v) is 9.20. The Balaban J connectivity index is 1.67. The molecule has 0 radical (unpaired) electrons. The van der Waals surface area contributed by atoms with Gasteiger partial charge in [0.1, 0.15) is 11.2 Å². The summed E-state index contributed by atoms with van der Waals surface area (Å²) in [5.74, 6) is -1.70. The molecule has 1 saturated heterocycles. The molecule has 3 atom stereocenters. The van der Waals surface area contributed by atoms with Gasteiger partial charge in [-0.15, -0.1) is 0 Å². The van der Waals surface area contributed by atoms with Gasteiger partial charge in [0.15, 0.2) is 11.6 Å². The number of aromatic carboxylic acids is 1. The maximum atomic E-state index is 14.9. The normalized spacial score (nSPS) is 29.7. The summed E-state index contributed by atoms with van der Waals surface area (Å²) in [5.41, 5.74) is -0.797. The van der Waals surface area contributed by atoms with Gasteiger partial charge in [-0.2, -0.15) is 0 Å². The van der Waals surface area contributed by atoms with Gasteiger partial charge in [0.25, 0.3) is 0 Å². The van der Waals surface area contributed by atoms with Gasteiger partial charge in [-0.1, -0.05) is 6.92 Å². The average Bonchev–Trinajstić information content (AvgIpc) is 3.39. The van der Waals surface area contributed by atoms with Crippen molar-refractivity contribution in [3.05, 3.63) is 33.9 Å². The molecule has 3 fully saturated rings. The minimum absolute atomic E-state index is 0.00327. The molecular formula is C19H20FN3O4. The number of aromatic nitrogens is 2. The molecule has 2 aromatic heterocycles. The van der Waals surface area contributed by atoms with Gasteiger partial charge < -0.3 is 19.7 Å². The predicted octanol–water partition coefficient (Wildman–Crippen LogP) is 1.78. The number of carboxylic acids is 1. The summed E-state index contributed by atoms with van der Waals surface area (Å²) in [6, 6.07) is 1.20. The van der Waals surface area contributed by atoms with Crippen LogP contribution in [0.3, 0.4) is 0 Å². The number of rotatable bonds is 3. The van der Waals surface area contributed by atoms with E-state index in [4.69, 9.17) is 0 Å². The first-order valence-electron chi connectivity index (χ1n) is 9.20. The van der Waals surface area contributed by atoms with Crippen molar-refractivity contribution >= 4 is 22.8 Å². The second-order valence-electron chi connectivity index (χ2n) is 8.39. The van der Waals surface area contributed by atoms with Crippen molar-refractivity contribution in [1.29, 1.82) is 0 Å². The smallest absolute Gasteiger partial charge is 0.341 e. The number of carboxylic acid groups (broad SMARTS) is 1. The van der Waals surface area contributed by atoms with Crippen molar-refractivity contribution in [1.82, 2.24) is 9.55 Å². The van der Waals surface area contributed by atoms with Gasteiger partial charge >= 0.3 is 5.97 Å². The van der Waals surface area contributed by atoms with E-state index in [2.05, 4.69) is 11.9 Å². The van der Waals surface area contributed by atoms with E-state index in [1.165, 1.54) is 6.20 Å². The lowest BCUT2D eigenvalue weighted by Gasteiger charge is -2.45. The Morgan fingerprint density at radius 1 is 1.41 bits per heavy atom. The van der Waals surface area contributed by atoms with Crippen LogP contribution >= 0.6 is 0 Å². The Morgan fingerprint density at radius 3 is 2.74 bits per heavy atom. The molecule has 0 unspecified atom stereocenters. The predicted molar refractivity (Wildman–Crippen MR) is 95.6 cm³/mol. The summed E-state index contributed by atoms with van der Waals surface area (Å²) >= 11 is 0. The fraction of sp³-hybridized carbons (Fsp3) is 0.526. The monoisotopic (exact) mass is 373 g/mol. The quantitative estimate of drug-likeness (QED) is 0.851. The van der Waals surface area contributed by atoms with E-state index in [1.807, 2.05) is 4.90 Å². The minimum atomic E-state index is -1.32. The van der Waals surface area contributed by atoms with Gasteiger partial charge in [0.2, 0.25) is 5.43 Å². The summed E-state index contributed by atoms with van der Waals surface area (Å²) in [6.45, 7) is 3.21. The Labute approximate surface area is 154 Å². The van der Waals surface area contributed by atoms with Crippen molar-refractivity contribution in [3.8, 4) is 0 Å². The molecule has 2 aliphatic carbocycles. The van der Waals surface area contributed by atoms with Crippen LogP contribution in [0.2, 0.25) is 0 Å². The molecule has 2 saturated carbocycles. The second kappa shape index (κ2) is 5.28. The van der Waals surface area contributed by atoms with E-state index in [1.54, 1.807) is 4.57 Å². The third kappa shape index (κ3) is 2.32. The molecule has 7 nitrogen and oxygen atoms in total. The third-order valence-corrected chi connectivity index (χ3v) is 6.41. The van der Waals surface area contributed by atoms with E-state index in [0.29, 0.717) is 25.2 Å². The Kier molecular flexibility index (Phi) is 3.26. The second-order valence-corrected chi connectivity index (χ2v) is 8.39. The number of nitrogens with zero attached hydrogens (tertiary/aromatic N) is 3. The fourth-order valence-electron chi connectivity index (χ4n) is 4.74. The van der Waals surface area contributed by atoms with Gasteiger partial charge in [-0.25, -0.2) is 14.2 Å². The number of hydrogen-bond acceptors (Lipinski definition) is 5. The third-order valence-electron chi connectivity index (χ3n) is 6.41. The molecule has 5 rings (SSSR count). The molecule has 3 aliphatic rings. The van der Waals surface area contributed by atoms with Crippen LogP contribution < -0.4 is 10.3 Å². The summed E-state index contributed by atoms with van der Waals surface area (Å²) in [5, 5.41) is 19.3. The highest BCUT2D eigenvalue weighted by Crippen LogP contribution is 2.52. The van der Waals surface area contributed by atoms with Gasteiger partial charge in [0, 0.05) is 31.2 Å². The molecule has 0 amide bonds. The van der Waals surface area contributed by atoms with Gasteiger partial charge in [0.05, 0.1) is 11.5 Å². The summed E-state index contributed by atoms with van der Waals surface area (Å²) < 4.78 is 16.6. The van der Waals surface area contributed by atoms with Gasteiger partial charge in [-0.05, 0) is 30.7 Å². The zero-order chi connectivity index (χ0) is 19.1. The minimum Gasteiger partial charge on any atom is -0.477 e. The molecule has 0 spiro atoms. The van der Waals surface area contributed by atoms with Crippen LogP contribution in [0.1, 0.15) is 42.6 Å². The first-order chi connectivity index (χ1) is 12.8. The Bertz CT molecular complexity index is 1050. The molecular weight excluding hydrogens is 353 g/mol. The highest BCUT2D eigenvalue weighted by molar-refractivity contribution is 5.92. The lowest BCUT2D eigenvalue weighted by Crippen LogP contribution is -2.48. The molecule has 3 heterocycles. The average molecular weight is 373 g/mol. The van der Waals surface area contributed by atoms with Gasteiger partial charge in [-0.3, -0.25) is 4.79 Å². The maximum absolute atomic E-state index is 14.9. The molecule has 8 heteroatoms. The van der Waals surface area contributed by atoms with E-state index in [0.717, 1.165) is 18.9 Å². The maximum Gasteiger partial charge on any atom is 0.341 e. The van der Waals surface area contributed by atoms with Crippen LogP contribution in [0.25, 0.3) is 11.0 Å². The van der Waals surface area contributed by atoms with Crippen LogP contribution in [0, 0.1) is 17.2 Å². The van der Waals surface area contributed by atoms with Crippen molar-refractivity contribution in [2.24, 2.45) is 11.3 Å². The Morgan fingerprint density at radius 2 is 2.15 bits per heavy atom. The Hall–Kier alpha value is -2.48. The molecule has 142 valence electrons. The number of carbonyl (C=O) groups is 1. The summed E-state index contributed by atoms with van der Waals surface area (Å²) in [7, 11) is 0. The van der Waals surface area contributed by atoms with Crippen molar-refractivity contribution in [2.45, 2.75) is 38.3 Å². The first kappa shape index (κ1) is 16.7. The standard InChI is InChI=1S/C19H20FN3O4/c1-19-5-14(24)12(19)7-22(8-19)17-13(20)4-10-15(25)11(18(26)27)6-23(9-2-3-9)16(10)21-17/h4,6,9,12,14,24H,2-3,5,7-8H2,1H3,(H,26,27)/t12-,14-,19-/m1/s1. The molecule has 27 heavy (non-hydrogen) atoms. The number of fused-ring (bicyclic) bond motifs is 2. The van der Waals surface area contributed by atoms with Crippen LogP contribution in [0.15, 0.2) is 17.1 Å². The van der Waals surface area contributed by atoms with Crippen molar-refractivity contribution in [3.63, 3.8) is 0 Å². The van der Waals surface area contributed by atoms with Crippen LogP contribution in [-0.2, 0) is 0 Å². The number of pyridine rings is 2. The SMILES string of the molecule is C[C@]12C[C@@H](O)[C@H]1CN(c1nc3c(cc1F)c(=O)c(C(=O)O)cn3C1CC1)C2. The summed E-state index contributed by atoms with van der Waals surface area (Å²) in [6.07, 6.45) is 3.41. The topological polar surface area (TPSA) is 95.7 Å². The van der Waals surface area contributed by atoms with Crippen molar-refractivity contribution < 1.29 is 19.4 Å². The molecule has 0 bridgehead atoms. The zero-order valence-corrected chi connectivity index (χ0v) is 14.9. The van der Waals surface area contributed by atoms with Crippen LogP contribution in [0.4, 0.5) is 10.2 Å². The number of aliphatic hydroxyl groups is 1. The largest absolute Gasteiger partial charge is 0.477 e. The van der Waals surface area contributed by atoms with Crippen molar-refractivity contribution in [2.75, 3.05) is 18.0 Å². The van der Waals surface area contributed by atoms with Crippen LogP contribution in [0.5, 0.6) is 0 Å². The van der Waals surface area contributed by atoms with E-state index < -0.39 is 17.2 Å². The number of aliphatic hydroxyl groups excluding tert-OH is 1.